The monoisotopic (exact) mass is 260 g/mol. The third-order valence-corrected chi connectivity index (χ3v) is 4.04. The summed E-state index contributed by atoms with van der Waals surface area (Å²) < 4.78 is 0. The number of hydrogen-bond acceptors (Lipinski definition) is 2. The van der Waals surface area contributed by atoms with E-state index in [9.17, 15) is 4.79 Å². The van der Waals surface area contributed by atoms with Gasteiger partial charge in [0.1, 0.15) is 0 Å². The van der Waals surface area contributed by atoms with Crippen molar-refractivity contribution in [3.05, 3.63) is 34.4 Å². The van der Waals surface area contributed by atoms with Gasteiger partial charge in [-0.1, -0.05) is 17.7 Å². The summed E-state index contributed by atoms with van der Waals surface area (Å²) in [4.78, 5) is 12.3. The lowest BCUT2D eigenvalue weighted by Crippen LogP contribution is -2.35. The minimum Gasteiger partial charge on any atom is -0.351 e. The molecule has 0 bridgehead atoms. The first-order valence-electron chi connectivity index (χ1n) is 6.98. The van der Waals surface area contributed by atoms with Gasteiger partial charge in [0.2, 0.25) is 0 Å². The Hall–Kier alpha value is -1.35. The van der Waals surface area contributed by atoms with Gasteiger partial charge in [0, 0.05) is 24.1 Å². The van der Waals surface area contributed by atoms with Crippen LogP contribution in [0.3, 0.4) is 0 Å². The van der Waals surface area contributed by atoms with Crippen LogP contribution in [0.15, 0.2) is 12.1 Å². The molecule has 1 aromatic carbocycles. The molecule has 1 aliphatic rings. The molecule has 0 radical (unpaired) electrons. The lowest BCUT2D eigenvalue weighted by molar-refractivity contribution is 0.0943. The number of benzene rings is 1. The molecule has 1 aliphatic carbocycles. The molecule has 19 heavy (non-hydrogen) atoms. The number of carbonyl (C=O) groups is 1. The van der Waals surface area contributed by atoms with Crippen molar-refractivity contribution in [2.24, 2.45) is 5.41 Å². The van der Waals surface area contributed by atoms with Gasteiger partial charge < -0.3 is 10.6 Å². The predicted octanol–water partition coefficient (Wildman–Crippen LogP) is 2.34. The molecule has 0 aliphatic heterocycles. The van der Waals surface area contributed by atoms with E-state index in [4.69, 9.17) is 0 Å². The third-order valence-electron chi connectivity index (χ3n) is 4.04. The zero-order chi connectivity index (χ0) is 14.0. The summed E-state index contributed by atoms with van der Waals surface area (Å²) in [7, 11) is 1.97. The number of nitrogens with one attached hydrogen (secondary N) is 2. The average molecular weight is 260 g/mol. The zero-order valence-electron chi connectivity index (χ0n) is 12.4. The Morgan fingerprint density at radius 1 is 1.16 bits per heavy atom. The van der Waals surface area contributed by atoms with Crippen molar-refractivity contribution in [1.82, 2.24) is 10.6 Å². The maximum Gasteiger partial charge on any atom is 0.251 e. The second-order valence-electron chi connectivity index (χ2n) is 5.99. The maximum atomic E-state index is 12.3. The van der Waals surface area contributed by atoms with E-state index in [2.05, 4.69) is 29.7 Å². The molecule has 0 atom stereocenters. The van der Waals surface area contributed by atoms with Crippen molar-refractivity contribution in [3.8, 4) is 0 Å². The molecule has 1 fully saturated rings. The van der Waals surface area contributed by atoms with Gasteiger partial charge in [0.05, 0.1) is 0 Å². The molecule has 0 unspecified atom stereocenters. The Bertz CT molecular complexity index is 467. The van der Waals surface area contributed by atoms with Crippen LogP contribution in [0, 0.1) is 26.2 Å². The summed E-state index contributed by atoms with van der Waals surface area (Å²) in [5.41, 5.74) is 4.48. The highest BCUT2D eigenvalue weighted by atomic mass is 16.1. The fourth-order valence-electron chi connectivity index (χ4n) is 2.86. The largest absolute Gasteiger partial charge is 0.351 e. The fourth-order valence-corrected chi connectivity index (χ4v) is 2.86. The molecule has 1 amide bonds. The van der Waals surface area contributed by atoms with Crippen molar-refractivity contribution in [2.45, 2.75) is 33.6 Å². The first-order valence-corrected chi connectivity index (χ1v) is 6.98. The lowest BCUT2D eigenvalue weighted by Gasteiger charge is -2.17. The second-order valence-corrected chi connectivity index (χ2v) is 5.99. The van der Waals surface area contributed by atoms with Crippen LogP contribution in [0.2, 0.25) is 0 Å². The summed E-state index contributed by atoms with van der Waals surface area (Å²) in [5.74, 6) is 0.0670. The van der Waals surface area contributed by atoms with Crippen LogP contribution in [0.5, 0.6) is 0 Å². The van der Waals surface area contributed by atoms with E-state index >= 15 is 0 Å². The van der Waals surface area contributed by atoms with Gasteiger partial charge in [0.25, 0.3) is 5.91 Å². The minimum absolute atomic E-state index is 0.0670. The summed E-state index contributed by atoms with van der Waals surface area (Å²) >= 11 is 0. The molecule has 2 rings (SSSR count). The van der Waals surface area contributed by atoms with E-state index in [1.54, 1.807) is 0 Å². The van der Waals surface area contributed by atoms with Crippen molar-refractivity contribution in [3.63, 3.8) is 0 Å². The lowest BCUT2D eigenvalue weighted by atomic mass is 9.99. The van der Waals surface area contributed by atoms with Gasteiger partial charge >= 0.3 is 0 Å². The number of rotatable bonds is 5. The molecule has 2 N–H and O–H groups in total. The average Bonchev–Trinajstić information content (AvgIpc) is 3.06. The molecule has 0 saturated heterocycles. The number of aryl methyl sites for hydroxylation is 3. The van der Waals surface area contributed by atoms with Crippen LogP contribution >= 0.6 is 0 Å². The van der Waals surface area contributed by atoms with E-state index in [1.165, 1.54) is 18.4 Å². The molecule has 104 valence electrons. The predicted molar refractivity (Wildman–Crippen MR) is 78.6 cm³/mol. The van der Waals surface area contributed by atoms with Crippen LogP contribution in [-0.2, 0) is 0 Å². The Kier molecular flexibility index (Phi) is 3.95. The first-order chi connectivity index (χ1) is 8.97. The minimum atomic E-state index is 0.0670. The van der Waals surface area contributed by atoms with E-state index in [-0.39, 0.29) is 5.91 Å². The molecular weight excluding hydrogens is 236 g/mol. The normalized spacial score (nSPS) is 16.2. The molecule has 0 aromatic heterocycles. The summed E-state index contributed by atoms with van der Waals surface area (Å²) in [6, 6.07) is 4.14. The second kappa shape index (κ2) is 5.33. The fraction of sp³-hybridized carbons (Fsp3) is 0.562. The molecule has 3 heteroatoms. The molecule has 1 aromatic rings. The SMILES string of the molecule is CNCC1(CNC(=O)c2c(C)cc(C)cc2C)CC1. The zero-order valence-corrected chi connectivity index (χ0v) is 12.4. The highest BCUT2D eigenvalue weighted by molar-refractivity contribution is 5.97. The topological polar surface area (TPSA) is 41.1 Å². The Morgan fingerprint density at radius 2 is 1.74 bits per heavy atom. The van der Waals surface area contributed by atoms with Gasteiger partial charge in [-0.05, 0) is 51.8 Å². The van der Waals surface area contributed by atoms with Crippen molar-refractivity contribution >= 4 is 5.91 Å². The van der Waals surface area contributed by atoms with E-state index in [0.29, 0.717) is 5.41 Å². The molecule has 0 spiro atoms. The van der Waals surface area contributed by atoms with Crippen molar-refractivity contribution in [1.29, 1.82) is 0 Å². The standard InChI is InChI=1S/C16H24N2O/c1-11-7-12(2)14(13(3)8-11)15(19)18-10-16(5-6-16)9-17-4/h7-8,17H,5-6,9-10H2,1-4H3,(H,18,19). The van der Waals surface area contributed by atoms with Gasteiger partial charge in [-0.15, -0.1) is 0 Å². The number of carbonyl (C=O) groups excluding carboxylic acids is 1. The summed E-state index contributed by atoms with van der Waals surface area (Å²) in [6.07, 6.45) is 2.42. The van der Waals surface area contributed by atoms with Crippen LogP contribution in [0.1, 0.15) is 39.9 Å². The first kappa shape index (κ1) is 14.1. The van der Waals surface area contributed by atoms with E-state index in [0.717, 1.165) is 29.8 Å². The van der Waals surface area contributed by atoms with Crippen LogP contribution in [0.4, 0.5) is 0 Å². The smallest absolute Gasteiger partial charge is 0.251 e. The van der Waals surface area contributed by atoms with Crippen molar-refractivity contribution in [2.75, 3.05) is 20.1 Å². The van der Waals surface area contributed by atoms with Gasteiger partial charge in [-0.3, -0.25) is 4.79 Å². The highest BCUT2D eigenvalue weighted by Crippen LogP contribution is 2.44. The number of amides is 1. The highest BCUT2D eigenvalue weighted by Gasteiger charge is 2.42. The van der Waals surface area contributed by atoms with Gasteiger partial charge in [0.15, 0.2) is 0 Å². The molecule has 1 saturated carbocycles. The van der Waals surface area contributed by atoms with E-state index < -0.39 is 0 Å². The quantitative estimate of drug-likeness (QED) is 0.853. The molecular formula is C16H24N2O. The number of hydrogen-bond donors (Lipinski definition) is 2. The van der Waals surface area contributed by atoms with Crippen LogP contribution < -0.4 is 10.6 Å². The Morgan fingerprint density at radius 3 is 2.21 bits per heavy atom. The molecule has 0 heterocycles. The van der Waals surface area contributed by atoms with E-state index in [1.807, 2.05) is 20.9 Å². The Labute approximate surface area is 115 Å². The maximum absolute atomic E-state index is 12.3. The Balaban J connectivity index is 2.05. The van der Waals surface area contributed by atoms with Crippen LogP contribution in [-0.4, -0.2) is 26.0 Å². The summed E-state index contributed by atoms with van der Waals surface area (Å²) in [5, 5.41) is 6.32. The van der Waals surface area contributed by atoms with Gasteiger partial charge in [-0.25, -0.2) is 0 Å². The third kappa shape index (κ3) is 3.16. The van der Waals surface area contributed by atoms with Crippen LogP contribution in [0.25, 0.3) is 0 Å². The van der Waals surface area contributed by atoms with Gasteiger partial charge in [-0.2, -0.15) is 0 Å². The summed E-state index contributed by atoms with van der Waals surface area (Å²) in [6.45, 7) is 7.84. The van der Waals surface area contributed by atoms with Crippen molar-refractivity contribution < 1.29 is 4.79 Å². The molecule has 3 nitrogen and oxygen atoms in total.